The van der Waals surface area contributed by atoms with Gasteiger partial charge in [-0.15, -0.1) is 11.3 Å². The molecule has 2 aromatic rings. The summed E-state index contributed by atoms with van der Waals surface area (Å²) >= 11 is 1.64. The number of likely N-dealkylation sites (tertiary alicyclic amines) is 1. The molecular weight excluding hydrogens is 308 g/mol. The number of hydrogen-bond donors (Lipinski definition) is 1. The smallest absolute Gasteiger partial charge is 0.140 e. The van der Waals surface area contributed by atoms with E-state index < -0.39 is 0 Å². The number of aliphatic hydroxyl groups excluding tert-OH is 1. The van der Waals surface area contributed by atoms with Gasteiger partial charge in [-0.3, -0.25) is 4.90 Å². The van der Waals surface area contributed by atoms with Crippen LogP contribution >= 0.6 is 11.3 Å². The highest BCUT2D eigenvalue weighted by atomic mass is 32.1. The molecule has 0 saturated carbocycles. The quantitative estimate of drug-likeness (QED) is 0.913. The number of β-amino-alcohol motifs (C(OH)–C–C–N with tert-alkyl or cyclic N) is 1. The Bertz CT molecular complexity index is 626. The third-order valence-electron chi connectivity index (χ3n) is 4.37. The molecular formula is C18H24N2O2S. The van der Waals surface area contributed by atoms with Gasteiger partial charge in [-0.1, -0.05) is 24.6 Å². The first-order chi connectivity index (χ1) is 11.1. The number of benzene rings is 1. The Labute approximate surface area is 141 Å². The number of aromatic nitrogens is 1. The highest BCUT2D eigenvalue weighted by molar-refractivity contribution is 7.09. The van der Waals surface area contributed by atoms with Crippen LogP contribution in [-0.4, -0.2) is 34.2 Å². The van der Waals surface area contributed by atoms with Gasteiger partial charge in [0.2, 0.25) is 0 Å². The Kier molecular flexibility index (Phi) is 5.30. The third-order valence-corrected chi connectivity index (χ3v) is 5.24. The van der Waals surface area contributed by atoms with Crippen LogP contribution in [-0.2, 0) is 13.2 Å². The van der Waals surface area contributed by atoms with E-state index in [-0.39, 0.29) is 6.10 Å². The summed E-state index contributed by atoms with van der Waals surface area (Å²) in [6.45, 7) is 7.28. The monoisotopic (exact) mass is 332 g/mol. The maximum Gasteiger partial charge on any atom is 0.140 e. The second kappa shape index (κ2) is 7.43. The lowest BCUT2D eigenvalue weighted by Crippen LogP contribution is -2.42. The molecule has 1 N–H and O–H groups in total. The number of piperidine rings is 1. The first kappa shape index (κ1) is 16.4. The van der Waals surface area contributed by atoms with Crippen molar-refractivity contribution in [2.45, 2.75) is 39.5 Å². The molecule has 1 saturated heterocycles. The number of aryl methyl sites for hydroxylation is 1. The van der Waals surface area contributed by atoms with Crippen molar-refractivity contribution < 1.29 is 9.84 Å². The van der Waals surface area contributed by atoms with Crippen molar-refractivity contribution in [2.75, 3.05) is 13.1 Å². The molecule has 2 atom stereocenters. The fraction of sp³-hybridized carbons (Fsp3) is 0.500. The Hall–Kier alpha value is -1.43. The van der Waals surface area contributed by atoms with Crippen LogP contribution in [0.2, 0.25) is 0 Å². The summed E-state index contributed by atoms with van der Waals surface area (Å²) in [4.78, 5) is 6.93. The van der Waals surface area contributed by atoms with Crippen LogP contribution in [0, 0.1) is 12.8 Å². The standard InChI is InChI=1S/C18H24N2O2S/c1-13-3-5-16(6-4-13)22-11-18-19-15(12-23-18)9-20-8-7-14(2)17(21)10-20/h3-6,12,14,17,21H,7-11H2,1-2H3. The van der Waals surface area contributed by atoms with E-state index >= 15 is 0 Å². The lowest BCUT2D eigenvalue weighted by atomic mass is 9.96. The number of hydrogen-bond acceptors (Lipinski definition) is 5. The van der Waals surface area contributed by atoms with Gasteiger partial charge in [-0.25, -0.2) is 4.98 Å². The average molecular weight is 332 g/mol. The molecule has 3 rings (SSSR count). The van der Waals surface area contributed by atoms with Gasteiger partial charge in [0.1, 0.15) is 17.4 Å². The summed E-state index contributed by atoms with van der Waals surface area (Å²) in [6, 6.07) is 8.07. The van der Waals surface area contributed by atoms with E-state index in [1.165, 1.54) is 5.56 Å². The molecule has 0 spiro atoms. The molecule has 5 heteroatoms. The first-order valence-electron chi connectivity index (χ1n) is 8.13. The van der Waals surface area contributed by atoms with Crippen molar-refractivity contribution in [3.8, 4) is 5.75 Å². The molecule has 1 aromatic heterocycles. The zero-order valence-electron chi connectivity index (χ0n) is 13.7. The molecule has 23 heavy (non-hydrogen) atoms. The second-order valence-corrected chi connectivity index (χ2v) is 7.35. The Morgan fingerprint density at radius 3 is 2.87 bits per heavy atom. The summed E-state index contributed by atoms with van der Waals surface area (Å²) in [7, 11) is 0. The minimum Gasteiger partial charge on any atom is -0.486 e. The van der Waals surface area contributed by atoms with E-state index in [1.54, 1.807) is 11.3 Å². The molecule has 0 aliphatic carbocycles. The highest BCUT2D eigenvalue weighted by Gasteiger charge is 2.24. The van der Waals surface area contributed by atoms with E-state index in [0.29, 0.717) is 12.5 Å². The minimum absolute atomic E-state index is 0.216. The zero-order valence-corrected chi connectivity index (χ0v) is 14.6. The van der Waals surface area contributed by atoms with Crippen molar-refractivity contribution in [2.24, 2.45) is 5.92 Å². The van der Waals surface area contributed by atoms with Crippen LogP contribution in [0.4, 0.5) is 0 Å². The van der Waals surface area contributed by atoms with Crippen molar-refractivity contribution >= 4 is 11.3 Å². The molecule has 2 unspecified atom stereocenters. The first-order valence-corrected chi connectivity index (χ1v) is 9.01. The average Bonchev–Trinajstić information content (AvgIpc) is 2.98. The van der Waals surface area contributed by atoms with Gasteiger partial charge in [0, 0.05) is 18.5 Å². The van der Waals surface area contributed by atoms with Crippen molar-refractivity contribution in [1.29, 1.82) is 0 Å². The van der Waals surface area contributed by atoms with Gasteiger partial charge in [-0.05, 0) is 37.9 Å². The summed E-state index contributed by atoms with van der Waals surface area (Å²) in [5.41, 5.74) is 2.30. The van der Waals surface area contributed by atoms with Crippen molar-refractivity contribution in [3.63, 3.8) is 0 Å². The van der Waals surface area contributed by atoms with E-state index in [0.717, 1.165) is 42.5 Å². The fourth-order valence-corrected chi connectivity index (χ4v) is 3.45. The Balaban J connectivity index is 1.51. The minimum atomic E-state index is -0.216. The number of nitrogens with zero attached hydrogens (tertiary/aromatic N) is 2. The van der Waals surface area contributed by atoms with Crippen LogP contribution in [0.5, 0.6) is 5.75 Å². The second-order valence-electron chi connectivity index (χ2n) is 6.40. The van der Waals surface area contributed by atoms with E-state index in [2.05, 4.69) is 29.1 Å². The van der Waals surface area contributed by atoms with Gasteiger partial charge in [-0.2, -0.15) is 0 Å². The lowest BCUT2D eigenvalue weighted by molar-refractivity contribution is 0.0255. The molecule has 1 aliphatic rings. The number of aliphatic hydroxyl groups is 1. The lowest BCUT2D eigenvalue weighted by Gasteiger charge is -2.33. The van der Waals surface area contributed by atoms with Crippen LogP contribution in [0.15, 0.2) is 29.6 Å². The van der Waals surface area contributed by atoms with Gasteiger partial charge in [0.25, 0.3) is 0 Å². The van der Waals surface area contributed by atoms with Crippen molar-refractivity contribution in [3.05, 3.63) is 45.9 Å². The molecule has 0 bridgehead atoms. The van der Waals surface area contributed by atoms with Crippen LogP contribution in [0.3, 0.4) is 0 Å². The topological polar surface area (TPSA) is 45.6 Å². The maximum absolute atomic E-state index is 9.98. The van der Waals surface area contributed by atoms with Crippen molar-refractivity contribution in [1.82, 2.24) is 9.88 Å². The summed E-state index contributed by atoms with van der Waals surface area (Å²) in [5.74, 6) is 1.28. The highest BCUT2D eigenvalue weighted by Crippen LogP contribution is 2.20. The predicted molar refractivity (Wildman–Crippen MR) is 92.7 cm³/mol. The van der Waals surface area contributed by atoms with E-state index in [4.69, 9.17) is 4.74 Å². The molecule has 0 amide bonds. The molecule has 2 heterocycles. The van der Waals surface area contributed by atoms with E-state index in [1.807, 2.05) is 24.3 Å². The maximum atomic E-state index is 9.98. The molecule has 0 radical (unpaired) electrons. The largest absolute Gasteiger partial charge is 0.486 e. The molecule has 1 fully saturated rings. The molecule has 1 aliphatic heterocycles. The summed E-state index contributed by atoms with van der Waals surface area (Å²) in [5, 5.41) is 13.1. The molecule has 124 valence electrons. The van der Waals surface area contributed by atoms with E-state index in [9.17, 15) is 5.11 Å². The third kappa shape index (κ3) is 4.53. The zero-order chi connectivity index (χ0) is 16.2. The molecule has 4 nitrogen and oxygen atoms in total. The fourth-order valence-electron chi connectivity index (χ4n) is 2.75. The predicted octanol–water partition coefficient (Wildman–Crippen LogP) is 3.23. The number of thiazole rings is 1. The SMILES string of the molecule is Cc1ccc(OCc2nc(CN3CCC(C)C(O)C3)cs2)cc1. The number of rotatable bonds is 5. The summed E-state index contributed by atoms with van der Waals surface area (Å²) < 4.78 is 5.78. The van der Waals surface area contributed by atoms with Gasteiger partial charge in [0.15, 0.2) is 0 Å². The van der Waals surface area contributed by atoms with Crippen LogP contribution < -0.4 is 4.74 Å². The van der Waals surface area contributed by atoms with Gasteiger partial charge >= 0.3 is 0 Å². The molecule has 1 aromatic carbocycles. The number of ether oxygens (including phenoxy) is 1. The Morgan fingerprint density at radius 1 is 1.35 bits per heavy atom. The Morgan fingerprint density at radius 2 is 2.13 bits per heavy atom. The van der Waals surface area contributed by atoms with Gasteiger partial charge in [0.05, 0.1) is 11.8 Å². The normalized spacial score (nSPS) is 22.2. The van der Waals surface area contributed by atoms with Crippen LogP contribution in [0.25, 0.3) is 0 Å². The summed E-state index contributed by atoms with van der Waals surface area (Å²) in [6.07, 6.45) is 0.834. The van der Waals surface area contributed by atoms with Crippen LogP contribution in [0.1, 0.15) is 29.6 Å². The van der Waals surface area contributed by atoms with Gasteiger partial charge < -0.3 is 9.84 Å².